The van der Waals surface area contributed by atoms with Crippen molar-refractivity contribution < 1.29 is 9.53 Å². The molecule has 1 aromatic heterocycles. The third kappa shape index (κ3) is 2.01. The summed E-state index contributed by atoms with van der Waals surface area (Å²) >= 11 is 0. The number of H-pyrrole nitrogens is 1. The van der Waals surface area contributed by atoms with Crippen LogP contribution in [0.1, 0.15) is 28.7 Å². The number of aromatic nitrogens is 2. The summed E-state index contributed by atoms with van der Waals surface area (Å²) in [5, 5.41) is 7.13. The monoisotopic (exact) mass is 244 g/mol. The average molecular weight is 244 g/mol. The maximum Gasteiger partial charge on any atom is 0.163 e. The first-order valence-electron chi connectivity index (χ1n) is 5.75. The van der Waals surface area contributed by atoms with Gasteiger partial charge in [0.2, 0.25) is 0 Å². The van der Waals surface area contributed by atoms with Crippen molar-refractivity contribution in [3.05, 3.63) is 35.2 Å². The Balaban J connectivity index is 2.58. The third-order valence-electron chi connectivity index (χ3n) is 3.00. The number of Topliss-reactive ketones (excluding diaryl/α,β-unsaturated/α-hetero) is 1. The van der Waals surface area contributed by atoms with Gasteiger partial charge in [0.05, 0.1) is 18.4 Å². The summed E-state index contributed by atoms with van der Waals surface area (Å²) < 4.78 is 5.27. The topological polar surface area (TPSA) is 55.0 Å². The molecule has 0 unspecified atom stereocenters. The molecule has 0 atom stereocenters. The Labute approximate surface area is 106 Å². The van der Waals surface area contributed by atoms with Gasteiger partial charge in [-0.2, -0.15) is 5.10 Å². The Hall–Kier alpha value is -2.10. The van der Waals surface area contributed by atoms with E-state index in [9.17, 15) is 4.79 Å². The molecule has 0 aliphatic carbocycles. The third-order valence-corrected chi connectivity index (χ3v) is 3.00. The van der Waals surface area contributed by atoms with E-state index in [0.717, 1.165) is 22.5 Å². The number of ether oxygens (including phenoxy) is 1. The van der Waals surface area contributed by atoms with Gasteiger partial charge in [-0.25, -0.2) is 0 Å². The molecule has 0 amide bonds. The molecular weight excluding hydrogens is 228 g/mol. The van der Waals surface area contributed by atoms with Gasteiger partial charge in [-0.1, -0.05) is 6.07 Å². The maximum absolute atomic E-state index is 11.5. The summed E-state index contributed by atoms with van der Waals surface area (Å²) in [6.45, 7) is 5.46. The van der Waals surface area contributed by atoms with Gasteiger partial charge in [-0.05, 0) is 38.5 Å². The van der Waals surface area contributed by atoms with Crippen LogP contribution in [-0.2, 0) is 0 Å². The number of nitrogens with one attached hydrogen (secondary N) is 1. The molecule has 18 heavy (non-hydrogen) atoms. The summed E-state index contributed by atoms with van der Waals surface area (Å²) in [5.41, 5.74) is 4.60. The highest BCUT2D eigenvalue weighted by Gasteiger charge is 2.13. The van der Waals surface area contributed by atoms with E-state index in [4.69, 9.17) is 4.74 Å². The van der Waals surface area contributed by atoms with Crippen LogP contribution in [0.15, 0.2) is 18.2 Å². The molecule has 0 fully saturated rings. The first-order valence-corrected chi connectivity index (χ1v) is 5.75. The van der Waals surface area contributed by atoms with E-state index in [2.05, 4.69) is 10.2 Å². The molecule has 1 heterocycles. The van der Waals surface area contributed by atoms with Crippen LogP contribution in [0.3, 0.4) is 0 Å². The number of aromatic amines is 1. The summed E-state index contributed by atoms with van der Waals surface area (Å²) in [5.74, 6) is 0.596. The molecule has 1 N–H and O–H groups in total. The average Bonchev–Trinajstić information content (AvgIpc) is 2.68. The van der Waals surface area contributed by atoms with Crippen LogP contribution in [0.2, 0.25) is 0 Å². The zero-order valence-electron chi connectivity index (χ0n) is 11.0. The van der Waals surface area contributed by atoms with Crippen molar-refractivity contribution >= 4 is 5.78 Å². The lowest BCUT2D eigenvalue weighted by atomic mass is 10.0. The van der Waals surface area contributed by atoms with Gasteiger partial charge in [0.1, 0.15) is 5.75 Å². The summed E-state index contributed by atoms with van der Waals surface area (Å²) in [6, 6.07) is 5.59. The zero-order chi connectivity index (χ0) is 13.3. The van der Waals surface area contributed by atoms with E-state index in [0.29, 0.717) is 11.3 Å². The molecule has 0 aliphatic rings. The van der Waals surface area contributed by atoms with Gasteiger partial charge in [0.15, 0.2) is 5.78 Å². The van der Waals surface area contributed by atoms with E-state index in [-0.39, 0.29) is 5.78 Å². The standard InChI is InChI=1S/C14H16N2O2/c1-8-14(9(2)16-15-8)11-5-6-12(10(3)17)13(7-11)18-4/h5-7H,1-4H3,(H,15,16). The van der Waals surface area contributed by atoms with Crippen molar-refractivity contribution in [2.75, 3.05) is 7.11 Å². The molecule has 94 valence electrons. The number of carbonyl (C=O) groups excluding carboxylic acids is 1. The number of rotatable bonds is 3. The molecule has 0 saturated carbocycles. The molecule has 4 nitrogen and oxygen atoms in total. The minimum Gasteiger partial charge on any atom is -0.496 e. The zero-order valence-corrected chi connectivity index (χ0v) is 11.0. The minimum atomic E-state index is -0.000891. The molecule has 0 aliphatic heterocycles. The number of methoxy groups -OCH3 is 1. The quantitative estimate of drug-likeness (QED) is 0.844. The van der Waals surface area contributed by atoms with Crippen LogP contribution in [-0.4, -0.2) is 23.1 Å². The van der Waals surface area contributed by atoms with E-state index in [1.54, 1.807) is 13.2 Å². The molecule has 0 radical (unpaired) electrons. The Morgan fingerprint density at radius 2 is 2.06 bits per heavy atom. The Morgan fingerprint density at radius 3 is 2.56 bits per heavy atom. The molecule has 4 heteroatoms. The number of hydrogen-bond acceptors (Lipinski definition) is 3. The van der Waals surface area contributed by atoms with Crippen molar-refractivity contribution in [3.8, 4) is 16.9 Å². The van der Waals surface area contributed by atoms with Gasteiger partial charge in [-0.3, -0.25) is 9.89 Å². The van der Waals surface area contributed by atoms with Gasteiger partial charge in [0.25, 0.3) is 0 Å². The van der Waals surface area contributed by atoms with Crippen LogP contribution < -0.4 is 4.74 Å². The van der Waals surface area contributed by atoms with E-state index in [1.807, 2.05) is 26.0 Å². The maximum atomic E-state index is 11.5. The highest BCUT2D eigenvalue weighted by atomic mass is 16.5. The number of aryl methyl sites for hydroxylation is 2. The first kappa shape index (κ1) is 12.4. The van der Waals surface area contributed by atoms with Crippen molar-refractivity contribution in [1.29, 1.82) is 0 Å². The molecule has 0 bridgehead atoms. The number of hydrogen-bond donors (Lipinski definition) is 1. The van der Waals surface area contributed by atoms with Gasteiger partial charge in [-0.15, -0.1) is 0 Å². The predicted molar refractivity (Wildman–Crippen MR) is 70.1 cm³/mol. The molecule has 0 saturated heterocycles. The second-order valence-electron chi connectivity index (χ2n) is 4.28. The normalized spacial score (nSPS) is 10.4. The first-order chi connectivity index (χ1) is 8.54. The van der Waals surface area contributed by atoms with E-state index < -0.39 is 0 Å². The minimum absolute atomic E-state index is 0.000891. The molecular formula is C14H16N2O2. The van der Waals surface area contributed by atoms with Gasteiger partial charge >= 0.3 is 0 Å². The summed E-state index contributed by atoms with van der Waals surface area (Å²) in [7, 11) is 1.57. The Bertz CT molecular complexity index is 580. The van der Waals surface area contributed by atoms with Gasteiger partial charge < -0.3 is 4.74 Å². The SMILES string of the molecule is COc1cc(-c2c(C)n[nH]c2C)ccc1C(C)=O. The van der Waals surface area contributed by atoms with Crippen molar-refractivity contribution in [2.24, 2.45) is 0 Å². The van der Waals surface area contributed by atoms with Crippen molar-refractivity contribution in [3.63, 3.8) is 0 Å². The molecule has 2 aromatic rings. The lowest BCUT2D eigenvalue weighted by molar-refractivity contribution is 0.101. The van der Waals surface area contributed by atoms with E-state index >= 15 is 0 Å². The predicted octanol–water partition coefficient (Wildman–Crippen LogP) is 2.90. The highest BCUT2D eigenvalue weighted by molar-refractivity contribution is 5.97. The van der Waals surface area contributed by atoms with Crippen LogP contribution >= 0.6 is 0 Å². The Kier molecular flexibility index (Phi) is 3.19. The van der Waals surface area contributed by atoms with Gasteiger partial charge in [0, 0.05) is 11.3 Å². The number of nitrogens with zero attached hydrogens (tertiary/aromatic N) is 1. The number of carbonyl (C=O) groups is 1. The highest BCUT2D eigenvalue weighted by Crippen LogP contribution is 2.30. The largest absolute Gasteiger partial charge is 0.496 e. The van der Waals surface area contributed by atoms with Crippen LogP contribution in [0.5, 0.6) is 5.75 Å². The molecule has 0 spiro atoms. The summed E-state index contributed by atoms with van der Waals surface area (Å²) in [6.07, 6.45) is 0. The lowest BCUT2D eigenvalue weighted by Crippen LogP contribution is -1.98. The van der Waals surface area contributed by atoms with Crippen molar-refractivity contribution in [2.45, 2.75) is 20.8 Å². The second-order valence-corrected chi connectivity index (χ2v) is 4.28. The smallest absolute Gasteiger partial charge is 0.163 e. The summed E-state index contributed by atoms with van der Waals surface area (Å²) in [4.78, 5) is 11.5. The molecule has 1 aromatic carbocycles. The van der Waals surface area contributed by atoms with Crippen molar-refractivity contribution in [1.82, 2.24) is 10.2 Å². The van der Waals surface area contributed by atoms with Crippen LogP contribution in [0.25, 0.3) is 11.1 Å². The number of ketones is 1. The number of benzene rings is 1. The Morgan fingerprint density at radius 1 is 1.33 bits per heavy atom. The van der Waals surface area contributed by atoms with E-state index in [1.165, 1.54) is 6.92 Å². The molecule has 2 rings (SSSR count). The van der Waals surface area contributed by atoms with Crippen LogP contribution in [0.4, 0.5) is 0 Å². The fraction of sp³-hybridized carbons (Fsp3) is 0.286. The fourth-order valence-electron chi connectivity index (χ4n) is 2.11. The lowest BCUT2D eigenvalue weighted by Gasteiger charge is -2.09. The second kappa shape index (κ2) is 4.64. The van der Waals surface area contributed by atoms with Crippen LogP contribution in [0, 0.1) is 13.8 Å². The fourth-order valence-corrected chi connectivity index (χ4v) is 2.11.